The van der Waals surface area contributed by atoms with Crippen LogP contribution in [0.5, 0.6) is 0 Å². The van der Waals surface area contributed by atoms with Crippen LogP contribution in [0, 0.1) is 5.92 Å². The lowest BCUT2D eigenvalue weighted by Crippen LogP contribution is -2.44. The van der Waals surface area contributed by atoms with Crippen molar-refractivity contribution in [2.24, 2.45) is 11.7 Å². The van der Waals surface area contributed by atoms with E-state index in [9.17, 15) is 0 Å². The van der Waals surface area contributed by atoms with Gasteiger partial charge in [-0.2, -0.15) is 0 Å². The van der Waals surface area contributed by atoms with Crippen LogP contribution < -0.4 is 11.1 Å². The van der Waals surface area contributed by atoms with Gasteiger partial charge in [0.25, 0.3) is 0 Å². The highest BCUT2D eigenvalue weighted by molar-refractivity contribution is 4.85. The smallest absolute Gasteiger partial charge is 0.0136 e. The first-order chi connectivity index (χ1) is 4.61. The predicted molar refractivity (Wildman–Crippen MR) is 42.9 cm³/mol. The lowest BCUT2D eigenvalue weighted by atomic mass is 9.82. The Bertz CT molecular complexity index is 98.3. The lowest BCUT2D eigenvalue weighted by Gasteiger charge is -2.33. The summed E-state index contributed by atoms with van der Waals surface area (Å²) in [5.74, 6) is 0.685. The first-order valence-corrected chi connectivity index (χ1v) is 4.03. The van der Waals surface area contributed by atoms with E-state index in [1.165, 1.54) is 12.8 Å². The van der Waals surface area contributed by atoms with Crippen molar-refractivity contribution in [3.63, 3.8) is 0 Å². The molecule has 0 saturated carbocycles. The normalized spacial score (nSPS) is 23.1. The fourth-order valence-corrected chi connectivity index (χ4v) is 1.49. The van der Waals surface area contributed by atoms with E-state index in [2.05, 4.69) is 19.2 Å². The van der Waals surface area contributed by atoms with E-state index < -0.39 is 0 Å². The van der Waals surface area contributed by atoms with Gasteiger partial charge in [0.15, 0.2) is 0 Å². The van der Waals surface area contributed by atoms with Crippen LogP contribution in [0.4, 0.5) is 0 Å². The van der Waals surface area contributed by atoms with E-state index in [1.54, 1.807) is 0 Å². The number of rotatable bonds is 1. The summed E-state index contributed by atoms with van der Waals surface area (Å²) >= 11 is 0. The second-order valence-corrected chi connectivity index (χ2v) is 3.77. The first kappa shape index (κ1) is 8.02. The Labute approximate surface area is 63.2 Å². The molecule has 0 spiro atoms. The van der Waals surface area contributed by atoms with E-state index in [-0.39, 0.29) is 5.54 Å². The summed E-state index contributed by atoms with van der Waals surface area (Å²) in [5, 5.41) is 4.29. The summed E-state index contributed by atoms with van der Waals surface area (Å²) in [4.78, 5) is 0. The average Bonchev–Trinajstić information content (AvgIpc) is 1.88. The highest BCUT2D eigenvalue weighted by Crippen LogP contribution is 2.22. The molecule has 0 aromatic heterocycles. The van der Waals surface area contributed by atoms with Gasteiger partial charge < -0.3 is 5.73 Å². The van der Waals surface area contributed by atoms with Crippen LogP contribution in [0.1, 0.15) is 26.7 Å². The fourth-order valence-electron chi connectivity index (χ4n) is 1.49. The number of hydrogen-bond acceptors (Lipinski definition) is 1. The second-order valence-electron chi connectivity index (χ2n) is 3.77. The van der Waals surface area contributed by atoms with Crippen molar-refractivity contribution in [2.45, 2.75) is 32.2 Å². The molecule has 2 nitrogen and oxygen atoms in total. The molecule has 10 heavy (non-hydrogen) atoms. The first-order valence-electron chi connectivity index (χ1n) is 4.03. The highest BCUT2D eigenvalue weighted by Gasteiger charge is 2.26. The molecule has 0 unspecified atom stereocenters. The van der Waals surface area contributed by atoms with E-state index in [0.29, 0.717) is 5.92 Å². The lowest BCUT2D eigenvalue weighted by molar-refractivity contribution is 0.248. The Balaban J connectivity index is 2.39. The number of nitrogens with two attached hydrogens (primary N) is 1. The summed E-state index contributed by atoms with van der Waals surface area (Å²) in [6.45, 7) is 6.27. The second kappa shape index (κ2) is 2.89. The zero-order valence-electron chi connectivity index (χ0n) is 6.93. The molecule has 1 heterocycles. The van der Waals surface area contributed by atoms with E-state index in [0.717, 1.165) is 13.1 Å². The molecule has 1 saturated heterocycles. The van der Waals surface area contributed by atoms with Crippen LogP contribution in [0.2, 0.25) is 0 Å². The van der Waals surface area contributed by atoms with Crippen LogP contribution >= 0.6 is 0 Å². The summed E-state index contributed by atoms with van der Waals surface area (Å²) in [5.41, 5.74) is 5.98. The summed E-state index contributed by atoms with van der Waals surface area (Å²) in [6.07, 6.45) is 2.37. The third kappa shape index (κ3) is 1.96. The van der Waals surface area contributed by atoms with Gasteiger partial charge in [-0.25, -0.2) is 5.32 Å². The molecular formula is C8H17N2. The maximum atomic E-state index is 5.97. The van der Waals surface area contributed by atoms with Crippen molar-refractivity contribution in [2.75, 3.05) is 13.1 Å². The average molecular weight is 141 g/mol. The number of nitrogens with zero attached hydrogens (tertiary/aromatic N) is 1. The van der Waals surface area contributed by atoms with Crippen molar-refractivity contribution in [1.82, 2.24) is 5.32 Å². The van der Waals surface area contributed by atoms with E-state index in [1.807, 2.05) is 0 Å². The Morgan fingerprint density at radius 1 is 1.30 bits per heavy atom. The van der Waals surface area contributed by atoms with Gasteiger partial charge in [-0.1, -0.05) is 0 Å². The molecular weight excluding hydrogens is 124 g/mol. The number of piperidine rings is 1. The minimum atomic E-state index is 0.00986. The number of hydrogen-bond donors (Lipinski definition) is 1. The molecule has 2 N–H and O–H groups in total. The van der Waals surface area contributed by atoms with Gasteiger partial charge in [0.1, 0.15) is 0 Å². The van der Waals surface area contributed by atoms with Gasteiger partial charge in [0.05, 0.1) is 0 Å². The SMILES string of the molecule is CC(C)(N)C1CC[N]CC1. The third-order valence-electron chi connectivity index (χ3n) is 2.32. The van der Waals surface area contributed by atoms with Crippen molar-refractivity contribution in [3.8, 4) is 0 Å². The van der Waals surface area contributed by atoms with Gasteiger partial charge in [-0.15, -0.1) is 0 Å². The monoisotopic (exact) mass is 141 g/mol. The third-order valence-corrected chi connectivity index (χ3v) is 2.32. The Hall–Kier alpha value is -0.0800. The minimum Gasteiger partial charge on any atom is -0.325 e. The molecule has 0 bridgehead atoms. The summed E-state index contributed by atoms with van der Waals surface area (Å²) in [6, 6.07) is 0. The standard InChI is InChI=1S/C8H17N2/c1-8(2,9)7-3-5-10-6-4-7/h7H,3-6,9H2,1-2H3. The molecule has 0 amide bonds. The molecule has 2 heteroatoms. The zero-order chi connectivity index (χ0) is 7.61. The topological polar surface area (TPSA) is 40.1 Å². The van der Waals surface area contributed by atoms with Crippen LogP contribution in [0.3, 0.4) is 0 Å². The van der Waals surface area contributed by atoms with Crippen molar-refractivity contribution in [1.29, 1.82) is 0 Å². The predicted octanol–water partition coefficient (Wildman–Crippen LogP) is 0.738. The van der Waals surface area contributed by atoms with E-state index in [4.69, 9.17) is 5.73 Å². The Kier molecular flexibility index (Phi) is 2.32. The maximum absolute atomic E-state index is 5.97. The van der Waals surface area contributed by atoms with Crippen molar-refractivity contribution in [3.05, 3.63) is 0 Å². The molecule has 1 fully saturated rings. The molecule has 1 aliphatic rings. The van der Waals surface area contributed by atoms with Gasteiger partial charge in [0.2, 0.25) is 0 Å². The maximum Gasteiger partial charge on any atom is 0.0136 e. The van der Waals surface area contributed by atoms with Gasteiger partial charge in [0, 0.05) is 18.6 Å². The fraction of sp³-hybridized carbons (Fsp3) is 1.00. The summed E-state index contributed by atoms with van der Waals surface area (Å²) in [7, 11) is 0. The van der Waals surface area contributed by atoms with Crippen molar-refractivity contribution >= 4 is 0 Å². The van der Waals surface area contributed by atoms with Crippen molar-refractivity contribution < 1.29 is 0 Å². The highest BCUT2D eigenvalue weighted by atomic mass is 14.9. The van der Waals surface area contributed by atoms with Gasteiger partial charge >= 0.3 is 0 Å². The molecule has 1 rings (SSSR count). The van der Waals surface area contributed by atoms with Crippen LogP contribution in [-0.2, 0) is 0 Å². The molecule has 0 aromatic carbocycles. The van der Waals surface area contributed by atoms with Crippen LogP contribution in [0.25, 0.3) is 0 Å². The van der Waals surface area contributed by atoms with Gasteiger partial charge in [-0.05, 0) is 32.6 Å². The molecule has 59 valence electrons. The van der Waals surface area contributed by atoms with Crippen LogP contribution in [0.15, 0.2) is 0 Å². The molecule has 0 aromatic rings. The Morgan fingerprint density at radius 2 is 1.80 bits per heavy atom. The minimum absolute atomic E-state index is 0.00986. The molecule has 0 aliphatic carbocycles. The summed E-state index contributed by atoms with van der Waals surface area (Å²) < 4.78 is 0. The quantitative estimate of drug-likeness (QED) is 0.575. The Morgan fingerprint density at radius 3 is 2.10 bits per heavy atom. The van der Waals surface area contributed by atoms with Gasteiger partial charge in [-0.3, -0.25) is 0 Å². The van der Waals surface area contributed by atoms with E-state index >= 15 is 0 Å². The molecule has 1 aliphatic heterocycles. The largest absolute Gasteiger partial charge is 0.325 e. The zero-order valence-corrected chi connectivity index (χ0v) is 6.93. The molecule has 1 radical (unpaired) electrons. The van der Waals surface area contributed by atoms with Crippen LogP contribution in [-0.4, -0.2) is 18.6 Å². The molecule has 0 atom stereocenters.